The van der Waals surface area contributed by atoms with Crippen molar-refractivity contribution in [1.82, 2.24) is 9.59 Å². The fourth-order valence-electron chi connectivity index (χ4n) is 1.26. The maximum Gasteiger partial charge on any atom is 0.148 e. The summed E-state index contributed by atoms with van der Waals surface area (Å²) < 4.78 is 3.85. The van der Waals surface area contributed by atoms with Gasteiger partial charge in [0.05, 0.1) is 0 Å². The number of hydrogen-bond donors (Lipinski definition) is 2. The van der Waals surface area contributed by atoms with E-state index in [1.807, 2.05) is 24.3 Å². The van der Waals surface area contributed by atoms with Crippen LogP contribution in [0.3, 0.4) is 0 Å². The zero-order valence-corrected chi connectivity index (χ0v) is 11.3. The van der Waals surface area contributed by atoms with E-state index >= 15 is 0 Å². The number of anilines is 1. The smallest absolute Gasteiger partial charge is 0.148 e. The highest BCUT2D eigenvalue weighted by Gasteiger charge is 2.06. The van der Waals surface area contributed by atoms with Crippen LogP contribution < -0.4 is 11.3 Å². The Morgan fingerprint density at radius 3 is 2.76 bits per heavy atom. The van der Waals surface area contributed by atoms with Gasteiger partial charge in [0, 0.05) is 28.1 Å². The molecule has 0 aliphatic heterocycles. The third kappa shape index (κ3) is 3.57. The van der Waals surface area contributed by atoms with Crippen molar-refractivity contribution >= 4 is 39.9 Å². The number of benzene rings is 1. The first kappa shape index (κ1) is 12.6. The molecule has 1 heterocycles. The predicted octanol–water partition coefficient (Wildman–Crippen LogP) is 2.91. The second-order valence-electron chi connectivity index (χ2n) is 3.31. The molecule has 2 rings (SSSR count). The standard InChI is InChI=1S/C10H11ClN4S2/c11-8-3-1-7(2-4-8)5-16-6-9-10(13-12)17-15-14-9/h1-4,13H,5-6,12H2. The molecular weight excluding hydrogens is 276 g/mol. The second-order valence-corrected chi connectivity index (χ2v) is 5.49. The largest absolute Gasteiger partial charge is 0.313 e. The molecule has 2 aromatic rings. The molecule has 4 nitrogen and oxygen atoms in total. The summed E-state index contributed by atoms with van der Waals surface area (Å²) in [5.41, 5.74) is 4.73. The minimum atomic E-state index is 0.761. The lowest BCUT2D eigenvalue weighted by atomic mass is 10.2. The van der Waals surface area contributed by atoms with Crippen molar-refractivity contribution in [3.05, 3.63) is 40.5 Å². The molecule has 0 atom stereocenters. The highest BCUT2D eigenvalue weighted by atomic mass is 35.5. The van der Waals surface area contributed by atoms with Gasteiger partial charge in [-0.3, -0.25) is 0 Å². The Morgan fingerprint density at radius 1 is 1.29 bits per heavy atom. The second kappa shape index (κ2) is 6.20. The average Bonchev–Trinajstić information content (AvgIpc) is 2.79. The summed E-state index contributed by atoms with van der Waals surface area (Å²) in [6.07, 6.45) is 0. The van der Waals surface area contributed by atoms with E-state index in [0.29, 0.717) is 0 Å². The van der Waals surface area contributed by atoms with Gasteiger partial charge in [0.1, 0.15) is 10.7 Å². The minimum Gasteiger partial charge on any atom is -0.313 e. The molecule has 0 amide bonds. The molecule has 1 aromatic carbocycles. The first-order valence-electron chi connectivity index (χ1n) is 4.89. The molecule has 0 aliphatic carbocycles. The number of nitrogens with two attached hydrogens (primary N) is 1. The summed E-state index contributed by atoms with van der Waals surface area (Å²) in [5, 5.41) is 5.60. The van der Waals surface area contributed by atoms with Crippen molar-refractivity contribution in [3.63, 3.8) is 0 Å². The SMILES string of the molecule is NNc1snnc1CSCc1ccc(Cl)cc1. The van der Waals surface area contributed by atoms with Crippen LogP contribution in [0.15, 0.2) is 24.3 Å². The average molecular weight is 287 g/mol. The number of nitrogens with zero attached hydrogens (tertiary/aromatic N) is 2. The normalized spacial score (nSPS) is 10.5. The Kier molecular flexibility index (Phi) is 4.61. The molecule has 0 radical (unpaired) electrons. The van der Waals surface area contributed by atoms with Crippen molar-refractivity contribution in [3.8, 4) is 0 Å². The molecule has 90 valence electrons. The van der Waals surface area contributed by atoms with E-state index in [1.54, 1.807) is 11.8 Å². The van der Waals surface area contributed by atoms with Gasteiger partial charge in [0.25, 0.3) is 0 Å². The van der Waals surface area contributed by atoms with Crippen LogP contribution in [0.4, 0.5) is 5.00 Å². The summed E-state index contributed by atoms with van der Waals surface area (Å²) in [6, 6.07) is 7.84. The lowest BCUT2D eigenvalue weighted by Gasteiger charge is -2.01. The molecule has 1 aromatic heterocycles. The molecule has 0 saturated heterocycles. The van der Waals surface area contributed by atoms with E-state index in [9.17, 15) is 0 Å². The number of nitrogen functional groups attached to an aromatic ring is 1. The van der Waals surface area contributed by atoms with E-state index in [0.717, 1.165) is 27.2 Å². The number of rotatable bonds is 5. The summed E-state index contributed by atoms with van der Waals surface area (Å²) >= 11 is 8.86. The number of nitrogens with one attached hydrogen (secondary N) is 1. The van der Waals surface area contributed by atoms with Gasteiger partial charge in [-0.15, -0.1) is 5.10 Å². The predicted molar refractivity (Wildman–Crippen MR) is 74.2 cm³/mol. The molecule has 3 N–H and O–H groups in total. The lowest BCUT2D eigenvalue weighted by molar-refractivity contribution is 1.07. The highest BCUT2D eigenvalue weighted by molar-refractivity contribution is 7.97. The minimum absolute atomic E-state index is 0.761. The Morgan fingerprint density at radius 2 is 2.06 bits per heavy atom. The molecule has 0 spiro atoms. The van der Waals surface area contributed by atoms with Crippen molar-refractivity contribution in [2.75, 3.05) is 5.43 Å². The van der Waals surface area contributed by atoms with E-state index in [-0.39, 0.29) is 0 Å². The highest BCUT2D eigenvalue weighted by Crippen LogP contribution is 2.24. The molecule has 17 heavy (non-hydrogen) atoms. The van der Waals surface area contributed by atoms with Gasteiger partial charge in [-0.1, -0.05) is 28.2 Å². The van der Waals surface area contributed by atoms with Crippen LogP contribution in [0.1, 0.15) is 11.3 Å². The summed E-state index contributed by atoms with van der Waals surface area (Å²) in [4.78, 5) is 0. The Hall–Kier alpha value is -0.820. The van der Waals surface area contributed by atoms with Crippen molar-refractivity contribution in [2.24, 2.45) is 5.84 Å². The number of hydrogen-bond acceptors (Lipinski definition) is 6. The number of thioether (sulfide) groups is 1. The molecular formula is C10H11ClN4S2. The fourth-order valence-corrected chi connectivity index (χ4v) is 2.89. The summed E-state index contributed by atoms with van der Waals surface area (Å²) in [7, 11) is 0. The molecule has 0 unspecified atom stereocenters. The van der Waals surface area contributed by atoms with E-state index in [4.69, 9.17) is 17.4 Å². The Bertz CT molecular complexity index is 471. The van der Waals surface area contributed by atoms with E-state index in [2.05, 4.69) is 15.0 Å². The third-order valence-electron chi connectivity index (χ3n) is 2.11. The van der Waals surface area contributed by atoms with Crippen molar-refractivity contribution in [2.45, 2.75) is 11.5 Å². The molecule has 0 fully saturated rings. The summed E-state index contributed by atoms with van der Waals surface area (Å²) in [6.45, 7) is 0. The van der Waals surface area contributed by atoms with E-state index < -0.39 is 0 Å². The van der Waals surface area contributed by atoms with Crippen LogP contribution in [-0.4, -0.2) is 9.59 Å². The van der Waals surface area contributed by atoms with Gasteiger partial charge < -0.3 is 5.43 Å². The first-order valence-corrected chi connectivity index (χ1v) is 7.20. The lowest BCUT2D eigenvalue weighted by Crippen LogP contribution is -2.06. The Balaban J connectivity index is 1.85. The topological polar surface area (TPSA) is 63.8 Å². The van der Waals surface area contributed by atoms with Crippen LogP contribution in [0, 0.1) is 0 Å². The maximum atomic E-state index is 5.82. The van der Waals surface area contributed by atoms with Crippen molar-refractivity contribution < 1.29 is 0 Å². The van der Waals surface area contributed by atoms with Gasteiger partial charge in [-0.05, 0) is 17.7 Å². The zero-order valence-electron chi connectivity index (χ0n) is 8.89. The van der Waals surface area contributed by atoms with Gasteiger partial charge in [-0.25, -0.2) is 5.84 Å². The zero-order chi connectivity index (χ0) is 12.1. The number of hydrazine groups is 1. The molecule has 0 bridgehead atoms. The number of aromatic nitrogens is 2. The molecule has 0 saturated carbocycles. The van der Waals surface area contributed by atoms with E-state index in [1.165, 1.54) is 17.1 Å². The maximum absolute atomic E-state index is 5.82. The first-order chi connectivity index (χ1) is 8.29. The Labute approximate surface area is 113 Å². The van der Waals surface area contributed by atoms with Crippen LogP contribution >= 0.6 is 34.9 Å². The fraction of sp³-hybridized carbons (Fsp3) is 0.200. The molecule has 0 aliphatic rings. The van der Waals surface area contributed by atoms with Crippen molar-refractivity contribution in [1.29, 1.82) is 0 Å². The third-order valence-corrected chi connectivity index (χ3v) is 4.07. The monoisotopic (exact) mass is 286 g/mol. The quantitative estimate of drug-likeness (QED) is 0.654. The van der Waals surface area contributed by atoms with Gasteiger partial charge in [0.2, 0.25) is 0 Å². The van der Waals surface area contributed by atoms with Gasteiger partial charge in [-0.2, -0.15) is 11.8 Å². The summed E-state index contributed by atoms with van der Waals surface area (Å²) in [5.74, 6) is 7.06. The van der Waals surface area contributed by atoms with Gasteiger partial charge >= 0.3 is 0 Å². The van der Waals surface area contributed by atoms with Crippen LogP contribution in [0.5, 0.6) is 0 Å². The van der Waals surface area contributed by atoms with Crippen LogP contribution in [0.25, 0.3) is 0 Å². The number of halogens is 1. The van der Waals surface area contributed by atoms with Crippen LogP contribution in [-0.2, 0) is 11.5 Å². The van der Waals surface area contributed by atoms with Gasteiger partial charge in [0.15, 0.2) is 0 Å². The molecule has 7 heteroatoms. The van der Waals surface area contributed by atoms with Crippen LogP contribution in [0.2, 0.25) is 5.02 Å².